The standard InChI is InChI=1S/C48H62N4O8/c1-13-14-23-38-50-39-40(51(38)31-48(11,12)60-44(55)59-47(8,9)10)36-25-24-34(28-33-21-18-22-35(29-33)56-27-26-32-19-16-15-17-20-32)30-37(36)49-41(39)52(42(53)57-45(2,3)4)43(54)58-46(5,6)7/h15-22,24-25,29-30H,13-14,23,26-28,31H2,1-12H3. The summed E-state index contributed by atoms with van der Waals surface area (Å²) in [6.07, 6.45) is 0.900. The zero-order chi connectivity index (χ0) is 44.0. The van der Waals surface area contributed by atoms with Crippen LogP contribution in [0.1, 0.15) is 118 Å². The normalized spacial score (nSPS) is 12.3. The van der Waals surface area contributed by atoms with Crippen LogP contribution in [0.25, 0.3) is 21.9 Å². The molecule has 0 aliphatic heterocycles. The Kier molecular flexibility index (Phi) is 13.9. The van der Waals surface area contributed by atoms with E-state index in [4.69, 9.17) is 33.7 Å². The first-order chi connectivity index (χ1) is 28.0. The zero-order valence-corrected chi connectivity index (χ0v) is 37.4. The molecule has 0 saturated carbocycles. The van der Waals surface area contributed by atoms with Crippen LogP contribution in [-0.2, 0) is 44.8 Å². The van der Waals surface area contributed by atoms with Gasteiger partial charge in [-0.05, 0) is 124 Å². The molecule has 3 aromatic carbocycles. The van der Waals surface area contributed by atoms with Crippen molar-refractivity contribution in [2.24, 2.45) is 0 Å². The second-order valence-corrected chi connectivity index (χ2v) is 18.7. The lowest BCUT2D eigenvalue weighted by Gasteiger charge is -2.29. The number of fused-ring (bicyclic) bond motifs is 3. The van der Waals surface area contributed by atoms with Crippen LogP contribution in [0.4, 0.5) is 20.2 Å². The van der Waals surface area contributed by atoms with E-state index in [9.17, 15) is 14.4 Å². The lowest BCUT2D eigenvalue weighted by molar-refractivity contribution is -0.0581. The Morgan fingerprint density at radius 3 is 1.90 bits per heavy atom. The molecule has 12 heteroatoms. The number of amides is 2. The van der Waals surface area contributed by atoms with Crippen molar-refractivity contribution in [2.45, 2.75) is 144 Å². The Labute approximate surface area is 354 Å². The number of nitrogens with zero attached hydrogens (tertiary/aromatic N) is 4. The van der Waals surface area contributed by atoms with Gasteiger partial charge in [0.1, 0.15) is 39.5 Å². The first-order valence-electron chi connectivity index (χ1n) is 20.8. The average Bonchev–Trinajstić information content (AvgIpc) is 3.46. The fourth-order valence-electron chi connectivity index (χ4n) is 6.61. The Hall–Kier alpha value is -5.65. The highest BCUT2D eigenvalue weighted by Gasteiger charge is 2.37. The zero-order valence-electron chi connectivity index (χ0n) is 37.4. The van der Waals surface area contributed by atoms with E-state index in [0.29, 0.717) is 41.8 Å². The number of imidazole rings is 1. The second kappa shape index (κ2) is 18.3. The van der Waals surface area contributed by atoms with Gasteiger partial charge < -0.3 is 28.3 Å². The van der Waals surface area contributed by atoms with Gasteiger partial charge in [-0.25, -0.2) is 24.4 Å². The summed E-state index contributed by atoms with van der Waals surface area (Å²) in [5.74, 6) is 1.41. The van der Waals surface area contributed by atoms with Crippen LogP contribution in [0.5, 0.6) is 5.75 Å². The third kappa shape index (κ3) is 12.7. The first kappa shape index (κ1) is 45.4. The number of carbonyl (C=O) groups excluding carboxylic acids is 3. The molecular formula is C48H62N4O8. The topological polar surface area (TPSA) is 131 Å². The summed E-state index contributed by atoms with van der Waals surface area (Å²) < 4.78 is 31.2. The minimum Gasteiger partial charge on any atom is -0.493 e. The highest BCUT2D eigenvalue weighted by molar-refractivity contribution is 6.17. The summed E-state index contributed by atoms with van der Waals surface area (Å²) in [7, 11) is 0. The van der Waals surface area contributed by atoms with Gasteiger partial charge in [0.2, 0.25) is 0 Å². The molecule has 5 rings (SSSR count). The molecule has 2 amide bonds. The predicted molar refractivity (Wildman–Crippen MR) is 235 cm³/mol. The Bertz CT molecular complexity index is 2270. The maximum Gasteiger partial charge on any atom is 0.509 e. The largest absolute Gasteiger partial charge is 0.509 e. The molecule has 0 spiro atoms. The molecule has 0 fully saturated rings. The predicted octanol–water partition coefficient (Wildman–Crippen LogP) is 11.5. The van der Waals surface area contributed by atoms with Crippen molar-refractivity contribution >= 4 is 46.1 Å². The van der Waals surface area contributed by atoms with E-state index < -0.39 is 40.7 Å². The molecule has 0 aliphatic rings. The molecule has 0 atom stereocenters. The van der Waals surface area contributed by atoms with Crippen molar-refractivity contribution in [1.29, 1.82) is 0 Å². The van der Waals surface area contributed by atoms with Gasteiger partial charge in [0, 0.05) is 18.2 Å². The molecule has 0 bridgehead atoms. The number of rotatable bonds is 13. The number of carbonyl (C=O) groups is 3. The van der Waals surface area contributed by atoms with Crippen LogP contribution >= 0.6 is 0 Å². The SMILES string of the molecule is CCCCc1nc2c(N(C(=O)OC(C)(C)C)C(=O)OC(C)(C)C)nc3cc(Cc4cccc(OCCc5ccccc5)c4)ccc3c2n1CC(C)(C)OC(=O)OC(C)(C)C. The van der Waals surface area contributed by atoms with Crippen LogP contribution in [0, 0.1) is 0 Å². The van der Waals surface area contributed by atoms with Crippen molar-refractivity contribution < 1.29 is 38.1 Å². The number of imide groups is 1. The van der Waals surface area contributed by atoms with Gasteiger partial charge in [0.25, 0.3) is 0 Å². The highest BCUT2D eigenvalue weighted by Crippen LogP contribution is 2.36. The van der Waals surface area contributed by atoms with Crippen molar-refractivity contribution in [3.05, 3.63) is 95.3 Å². The Balaban J connectivity index is 1.66. The Morgan fingerprint density at radius 2 is 1.28 bits per heavy atom. The molecule has 0 radical (unpaired) electrons. The maximum absolute atomic E-state index is 14.1. The summed E-state index contributed by atoms with van der Waals surface area (Å²) >= 11 is 0. The van der Waals surface area contributed by atoms with E-state index >= 15 is 0 Å². The number of anilines is 1. The lowest BCUT2D eigenvalue weighted by atomic mass is 10.0. The lowest BCUT2D eigenvalue weighted by Crippen LogP contribution is -2.44. The van der Waals surface area contributed by atoms with Crippen LogP contribution in [0.3, 0.4) is 0 Å². The molecule has 60 heavy (non-hydrogen) atoms. The third-order valence-electron chi connectivity index (χ3n) is 9.02. The van der Waals surface area contributed by atoms with Gasteiger partial charge in [-0.2, -0.15) is 4.90 Å². The summed E-state index contributed by atoms with van der Waals surface area (Å²) in [6.45, 7) is 22.1. The number of benzene rings is 3. The molecule has 322 valence electrons. The Morgan fingerprint density at radius 1 is 0.667 bits per heavy atom. The van der Waals surface area contributed by atoms with Crippen molar-refractivity contribution in [2.75, 3.05) is 11.5 Å². The van der Waals surface area contributed by atoms with Crippen molar-refractivity contribution in [1.82, 2.24) is 14.5 Å². The number of pyridine rings is 1. The molecule has 0 aliphatic carbocycles. The van der Waals surface area contributed by atoms with Crippen molar-refractivity contribution in [3.8, 4) is 5.75 Å². The minimum atomic E-state index is -1.07. The van der Waals surface area contributed by atoms with Gasteiger partial charge >= 0.3 is 18.3 Å². The van der Waals surface area contributed by atoms with E-state index in [-0.39, 0.29) is 12.4 Å². The molecule has 12 nitrogen and oxygen atoms in total. The molecule has 0 N–H and O–H groups in total. The fraction of sp³-hybridized carbons (Fsp3) is 0.479. The summed E-state index contributed by atoms with van der Waals surface area (Å²) in [6, 6.07) is 24.2. The fourth-order valence-corrected chi connectivity index (χ4v) is 6.61. The van der Waals surface area contributed by atoms with Gasteiger partial charge in [0.05, 0.1) is 24.2 Å². The molecule has 5 aromatic rings. The molecule has 0 saturated heterocycles. The van der Waals surface area contributed by atoms with E-state index in [2.05, 4.69) is 19.1 Å². The maximum atomic E-state index is 14.1. The smallest absolute Gasteiger partial charge is 0.493 e. The summed E-state index contributed by atoms with van der Waals surface area (Å²) in [5.41, 5.74) is 0.876. The number of ether oxygens (including phenoxy) is 5. The number of aryl methyl sites for hydroxylation is 1. The van der Waals surface area contributed by atoms with Crippen LogP contribution in [0.2, 0.25) is 0 Å². The first-order valence-corrected chi connectivity index (χ1v) is 20.8. The minimum absolute atomic E-state index is 0.0330. The van der Waals surface area contributed by atoms with Crippen LogP contribution in [-0.4, -0.2) is 61.9 Å². The van der Waals surface area contributed by atoms with Gasteiger partial charge in [-0.3, -0.25) is 0 Å². The number of unbranched alkanes of at least 4 members (excludes halogenated alkanes) is 1. The summed E-state index contributed by atoms with van der Waals surface area (Å²) in [4.78, 5) is 52.2. The monoisotopic (exact) mass is 822 g/mol. The molecule has 2 aromatic heterocycles. The van der Waals surface area contributed by atoms with Gasteiger partial charge in [0.15, 0.2) is 5.82 Å². The number of hydrogen-bond donors (Lipinski definition) is 0. The van der Waals surface area contributed by atoms with Gasteiger partial charge in [-0.15, -0.1) is 0 Å². The molecule has 0 unspecified atom stereocenters. The highest BCUT2D eigenvalue weighted by atomic mass is 16.7. The number of aromatic nitrogens is 3. The van der Waals surface area contributed by atoms with Gasteiger partial charge in [-0.1, -0.05) is 67.9 Å². The number of hydrogen-bond acceptors (Lipinski definition) is 10. The van der Waals surface area contributed by atoms with Crippen LogP contribution in [0.15, 0.2) is 72.8 Å². The average molecular weight is 823 g/mol. The van der Waals surface area contributed by atoms with E-state index in [0.717, 1.165) is 46.4 Å². The molecule has 2 heterocycles. The van der Waals surface area contributed by atoms with E-state index in [1.54, 1.807) is 62.3 Å². The van der Waals surface area contributed by atoms with Crippen LogP contribution < -0.4 is 9.64 Å². The molecular weight excluding hydrogens is 761 g/mol. The second-order valence-electron chi connectivity index (χ2n) is 18.7. The summed E-state index contributed by atoms with van der Waals surface area (Å²) in [5, 5.41) is 0.729. The third-order valence-corrected chi connectivity index (χ3v) is 9.02. The van der Waals surface area contributed by atoms with Crippen molar-refractivity contribution in [3.63, 3.8) is 0 Å². The quantitative estimate of drug-likeness (QED) is 0.0835. The van der Waals surface area contributed by atoms with E-state index in [1.807, 2.05) is 79.1 Å². The van der Waals surface area contributed by atoms with E-state index in [1.165, 1.54) is 5.56 Å².